The van der Waals surface area contributed by atoms with Gasteiger partial charge in [0.1, 0.15) is 0 Å². The van der Waals surface area contributed by atoms with Crippen LogP contribution < -0.4 is 5.32 Å². The summed E-state index contributed by atoms with van der Waals surface area (Å²) in [6.07, 6.45) is 0. The number of esters is 1. The molecule has 1 aromatic heterocycles. The van der Waals surface area contributed by atoms with Crippen molar-refractivity contribution >= 4 is 27.8 Å². The van der Waals surface area contributed by atoms with E-state index in [2.05, 4.69) is 21.2 Å². The number of amides is 1. The van der Waals surface area contributed by atoms with E-state index < -0.39 is 17.9 Å². The van der Waals surface area contributed by atoms with Gasteiger partial charge in [0, 0.05) is 0 Å². The Balaban J connectivity index is 2.21. The summed E-state index contributed by atoms with van der Waals surface area (Å²) in [7, 11) is 1.27. The minimum atomic E-state index is -0.877. The van der Waals surface area contributed by atoms with Crippen molar-refractivity contribution in [2.75, 3.05) is 7.11 Å². The third-order valence-corrected chi connectivity index (χ3v) is 3.07. The van der Waals surface area contributed by atoms with Gasteiger partial charge in [-0.25, -0.2) is 4.79 Å². The molecule has 20 heavy (non-hydrogen) atoms. The number of halogens is 1. The van der Waals surface area contributed by atoms with Crippen molar-refractivity contribution in [1.29, 1.82) is 0 Å². The van der Waals surface area contributed by atoms with E-state index in [1.165, 1.54) is 13.2 Å². The van der Waals surface area contributed by atoms with E-state index in [1.807, 2.05) is 6.07 Å². The lowest BCUT2D eigenvalue weighted by Crippen LogP contribution is -2.34. The van der Waals surface area contributed by atoms with Gasteiger partial charge in [0.15, 0.2) is 16.5 Å². The van der Waals surface area contributed by atoms with Crippen molar-refractivity contribution in [3.05, 3.63) is 58.5 Å². The number of methoxy groups -OCH3 is 1. The molecule has 1 unspecified atom stereocenters. The quantitative estimate of drug-likeness (QED) is 0.871. The van der Waals surface area contributed by atoms with Crippen LogP contribution in [0, 0.1) is 0 Å². The van der Waals surface area contributed by atoms with E-state index in [-0.39, 0.29) is 5.76 Å². The summed E-state index contributed by atoms with van der Waals surface area (Å²) in [5, 5.41) is 2.59. The second-order valence-electron chi connectivity index (χ2n) is 3.94. The van der Waals surface area contributed by atoms with Gasteiger partial charge in [-0.2, -0.15) is 0 Å². The highest BCUT2D eigenvalue weighted by Crippen LogP contribution is 2.17. The number of carbonyl (C=O) groups excluding carboxylic acids is 2. The van der Waals surface area contributed by atoms with Gasteiger partial charge in [-0.3, -0.25) is 4.79 Å². The maximum Gasteiger partial charge on any atom is 0.333 e. The molecule has 0 aliphatic heterocycles. The molecule has 0 saturated carbocycles. The lowest BCUT2D eigenvalue weighted by molar-refractivity contribution is -0.143. The summed E-state index contributed by atoms with van der Waals surface area (Å²) < 4.78 is 10.3. The van der Waals surface area contributed by atoms with E-state index in [0.29, 0.717) is 10.2 Å². The summed E-state index contributed by atoms with van der Waals surface area (Å²) in [5.74, 6) is -0.924. The first-order chi connectivity index (χ1) is 9.61. The monoisotopic (exact) mass is 337 g/mol. The molecule has 1 heterocycles. The molecule has 1 amide bonds. The third kappa shape index (κ3) is 3.27. The van der Waals surface area contributed by atoms with Crippen LogP contribution in [-0.2, 0) is 9.53 Å². The first kappa shape index (κ1) is 14.3. The standard InChI is InChI=1S/C14H12BrNO4/c1-19-14(18)12(9-5-3-2-4-6-9)16-13(17)10-7-8-11(15)20-10/h2-8,12H,1H3,(H,16,17). The molecule has 0 bridgehead atoms. The zero-order valence-electron chi connectivity index (χ0n) is 10.6. The number of carbonyl (C=O) groups is 2. The molecular weight excluding hydrogens is 326 g/mol. The van der Waals surface area contributed by atoms with Gasteiger partial charge in [-0.15, -0.1) is 0 Å². The van der Waals surface area contributed by atoms with Crippen LogP contribution >= 0.6 is 15.9 Å². The van der Waals surface area contributed by atoms with E-state index in [1.54, 1.807) is 30.3 Å². The molecule has 2 aromatic rings. The zero-order valence-corrected chi connectivity index (χ0v) is 12.2. The van der Waals surface area contributed by atoms with Crippen molar-refractivity contribution in [1.82, 2.24) is 5.32 Å². The van der Waals surface area contributed by atoms with E-state index in [4.69, 9.17) is 9.15 Å². The fraction of sp³-hybridized carbons (Fsp3) is 0.143. The lowest BCUT2D eigenvalue weighted by Gasteiger charge is -2.16. The molecular formula is C14H12BrNO4. The number of rotatable bonds is 4. The van der Waals surface area contributed by atoms with E-state index in [0.717, 1.165) is 0 Å². The molecule has 0 aliphatic rings. The van der Waals surface area contributed by atoms with Crippen LogP contribution in [-0.4, -0.2) is 19.0 Å². The van der Waals surface area contributed by atoms with E-state index in [9.17, 15) is 9.59 Å². The smallest absolute Gasteiger partial charge is 0.333 e. The van der Waals surface area contributed by atoms with Crippen molar-refractivity contribution in [3.8, 4) is 0 Å². The zero-order chi connectivity index (χ0) is 14.5. The number of furan rings is 1. The predicted octanol–water partition coefficient (Wildman–Crippen LogP) is 2.69. The van der Waals surface area contributed by atoms with Gasteiger partial charge < -0.3 is 14.5 Å². The van der Waals surface area contributed by atoms with Gasteiger partial charge in [0.2, 0.25) is 0 Å². The molecule has 6 heteroatoms. The minimum absolute atomic E-state index is 0.113. The van der Waals surface area contributed by atoms with Crippen molar-refractivity contribution < 1.29 is 18.7 Å². The highest BCUT2D eigenvalue weighted by molar-refractivity contribution is 9.10. The van der Waals surface area contributed by atoms with Crippen LogP contribution in [0.5, 0.6) is 0 Å². The minimum Gasteiger partial charge on any atom is -0.467 e. The van der Waals surface area contributed by atoms with Gasteiger partial charge in [0.25, 0.3) is 5.91 Å². The van der Waals surface area contributed by atoms with Crippen molar-refractivity contribution in [2.24, 2.45) is 0 Å². The molecule has 1 aromatic carbocycles. The molecule has 0 spiro atoms. The Kier molecular flexibility index (Phi) is 4.57. The maximum atomic E-state index is 12.0. The fourth-order valence-corrected chi connectivity index (χ4v) is 1.99. The van der Waals surface area contributed by atoms with Gasteiger partial charge in [-0.1, -0.05) is 30.3 Å². The summed E-state index contributed by atoms with van der Waals surface area (Å²) >= 11 is 3.12. The van der Waals surface area contributed by atoms with Crippen LogP contribution in [0.2, 0.25) is 0 Å². The van der Waals surface area contributed by atoms with Crippen LogP contribution in [0.3, 0.4) is 0 Å². The predicted molar refractivity (Wildman–Crippen MR) is 75.1 cm³/mol. The summed E-state index contributed by atoms with van der Waals surface area (Å²) in [6.45, 7) is 0. The molecule has 104 valence electrons. The Morgan fingerprint density at radius 1 is 1.20 bits per heavy atom. The Labute approximate surface area is 124 Å². The average molecular weight is 338 g/mol. The first-order valence-corrected chi connectivity index (χ1v) is 6.60. The van der Waals surface area contributed by atoms with Crippen LogP contribution in [0.4, 0.5) is 0 Å². The number of hydrogen-bond acceptors (Lipinski definition) is 4. The van der Waals surface area contributed by atoms with Crippen molar-refractivity contribution in [2.45, 2.75) is 6.04 Å². The highest BCUT2D eigenvalue weighted by atomic mass is 79.9. The largest absolute Gasteiger partial charge is 0.467 e. The Hall–Kier alpha value is -2.08. The highest BCUT2D eigenvalue weighted by Gasteiger charge is 2.25. The van der Waals surface area contributed by atoms with Gasteiger partial charge >= 0.3 is 5.97 Å². The number of ether oxygens (including phenoxy) is 1. The molecule has 1 atom stereocenters. The molecule has 2 rings (SSSR count). The fourth-order valence-electron chi connectivity index (χ4n) is 1.68. The third-order valence-electron chi connectivity index (χ3n) is 2.64. The number of hydrogen-bond donors (Lipinski definition) is 1. The van der Waals surface area contributed by atoms with Gasteiger partial charge in [0.05, 0.1) is 7.11 Å². The summed E-state index contributed by atoms with van der Waals surface area (Å²) in [4.78, 5) is 23.8. The Morgan fingerprint density at radius 3 is 2.45 bits per heavy atom. The average Bonchev–Trinajstić information content (AvgIpc) is 2.91. The second kappa shape index (κ2) is 6.38. The van der Waals surface area contributed by atoms with Gasteiger partial charge in [-0.05, 0) is 33.6 Å². The molecule has 0 radical (unpaired) electrons. The summed E-state index contributed by atoms with van der Waals surface area (Å²) in [5.41, 5.74) is 0.637. The van der Waals surface area contributed by atoms with Crippen LogP contribution in [0.15, 0.2) is 51.6 Å². The van der Waals surface area contributed by atoms with Crippen molar-refractivity contribution in [3.63, 3.8) is 0 Å². The molecule has 5 nitrogen and oxygen atoms in total. The Bertz CT molecular complexity index is 609. The second-order valence-corrected chi connectivity index (χ2v) is 4.73. The summed E-state index contributed by atoms with van der Waals surface area (Å²) in [6, 6.07) is 11.1. The normalized spacial score (nSPS) is 11.7. The molecule has 0 fully saturated rings. The maximum absolute atomic E-state index is 12.0. The SMILES string of the molecule is COC(=O)C(NC(=O)c1ccc(Br)o1)c1ccccc1. The Morgan fingerprint density at radius 2 is 1.90 bits per heavy atom. The molecule has 0 aliphatic carbocycles. The first-order valence-electron chi connectivity index (χ1n) is 5.81. The van der Waals surface area contributed by atoms with Crippen LogP contribution in [0.25, 0.3) is 0 Å². The topological polar surface area (TPSA) is 68.5 Å². The van der Waals surface area contributed by atoms with E-state index >= 15 is 0 Å². The lowest BCUT2D eigenvalue weighted by atomic mass is 10.1. The molecule has 1 N–H and O–H groups in total. The number of nitrogens with one attached hydrogen (secondary N) is 1. The number of benzene rings is 1. The van der Waals surface area contributed by atoms with Crippen LogP contribution in [0.1, 0.15) is 22.2 Å². The molecule has 0 saturated heterocycles.